The standard InChI is InChI=1S/C20H25N3O4S2/c1-13-5-7-15-17(11-13)28-20(21-15)22-19(24)14-6-8-16(27-2)18(12-14)29(25,26)23-9-3-4-10-23/h6,8,12-13H,3-5,7,9-11H2,1-2H3,(H,21,22,24). The second-order valence-corrected chi connectivity index (χ2v) is 10.7. The number of anilines is 1. The minimum atomic E-state index is -3.70. The second-order valence-electron chi connectivity index (χ2n) is 7.67. The summed E-state index contributed by atoms with van der Waals surface area (Å²) in [6.07, 6.45) is 4.72. The topological polar surface area (TPSA) is 88.6 Å². The quantitative estimate of drug-likeness (QED) is 0.778. The van der Waals surface area contributed by atoms with Crippen LogP contribution in [0.2, 0.25) is 0 Å². The van der Waals surface area contributed by atoms with Gasteiger partial charge in [0.2, 0.25) is 10.0 Å². The summed E-state index contributed by atoms with van der Waals surface area (Å²) in [5, 5.41) is 3.40. The van der Waals surface area contributed by atoms with Gasteiger partial charge in [0.1, 0.15) is 10.6 Å². The second kappa shape index (κ2) is 8.04. The zero-order valence-corrected chi connectivity index (χ0v) is 18.2. The number of nitrogens with zero attached hydrogens (tertiary/aromatic N) is 2. The van der Waals surface area contributed by atoms with Crippen LogP contribution in [0.25, 0.3) is 0 Å². The number of ether oxygens (including phenoxy) is 1. The van der Waals surface area contributed by atoms with Crippen molar-refractivity contribution in [2.24, 2.45) is 5.92 Å². The molecule has 4 rings (SSSR count). The first-order chi connectivity index (χ1) is 13.9. The average molecular weight is 436 g/mol. The number of aromatic nitrogens is 1. The number of carbonyl (C=O) groups is 1. The highest BCUT2D eigenvalue weighted by atomic mass is 32.2. The molecule has 1 fully saturated rings. The molecule has 0 saturated carbocycles. The molecule has 29 heavy (non-hydrogen) atoms. The Kier molecular flexibility index (Phi) is 5.63. The number of carbonyl (C=O) groups excluding carboxylic acids is 1. The Morgan fingerprint density at radius 1 is 1.31 bits per heavy atom. The smallest absolute Gasteiger partial charge is 0.257 e. The largest absolute Gasteiger partial charge is 0.495 e. The molecule has 0 spiro atoms. The molecule has 1 aliphatic carbocycles. The molecule has 2 aliphatic rings. The Hall–Kier alpha value is -1.97. The van der Waals surface area contributed by atoms with E-state index >= 15 is 0 Å². The van der Waals surface area contributed by atoms with Gasteiger partial charge < -0.3 is 4.74 Å². The maximum Gasteiger partial charge on any atom is 0.257 e. The van der Waals surface area contributed by atoms with E-state index in [2.05, 4.69) is 17.2 Å². The van der Waals surface area contributed by atoms with Crippen LogP contribution in [0.4, 0.5) is 5.13 Å². The highest BCUT2D eigenvalue weighted by Gasteiger charge is 2.31. The number of hydrogen-bond donors (Lipinski definition) is 1. The van der Waals surface area contributed by atoms with E-state index in [0.717, 1.165) is 37.8 Å². The van der Waals surface area contributed by atoms with Crippen LogP contribution >= 0.6 is 11.3 Å². The summed E-state index contributed by atoms with van der Waals surface area (Å²) < 4.78 is 32.7. The summed E-state index contributed by atoms with van der Waals surface area (Å²) in [5.41, 5.74) is 1.33. The van der Waals surface area contributed by atoms with Gasteiger partial charge in [0, 0.05) is 23.5 Å². The van der Waals surface area contributed by atoms with Crippen molar-refractivity contribution in [2.75, 3.05) is 25.5 Å². The van der Waals surface area contributed by atoms with E-state index in [4.69, 9.17) is 4.74 Å². The van der Waals surface area contributed by atoms with Crippen LogP contribution < -0.4 is 10.1 Å². The summed E-state index contributed by atoms with van der Waals surface area (Å²) in [6, 6.07) is 4.51. The molecule has 0 bridgehead atoms. The molecule has 1 saturated heterocycles. The molecule has 7 nitrogen and oxygen atoms in total. The molecule has 1 aromatic carbocycles. The van der Waals surface area contributed by atoms with Crippen LogP contribution in [0, 0.1) is 5.92 Å². The number of methoxy groups -OCH3 is 1. The van der Waals surface area contributed by atoms with Crippen molar-refractivity contribution in [3.8, 4) is 5.75 Å². The molecule has 1 aliphatic heterocycles. The Labute approximate surface area is 175 Å². The predicted molar refractivity (Wildman–Crippen MR) is 112 cm³/mol. The van der Waals surface area contributed by atoms with E-state index in [9.17, 15) is 13.2 Å². The number of thiazole rings is 1. The average Bonchev–Trinajstić information content (AvgIpc) is 3.37. The number of sulfonamides is 1. The van der Waals surface area contributed by atoms with Gasteiger partial charge in [-0.05, 0) is 56.2 Å². The van der Waals surface area contributed by atoms with E-state index < -0.39 is 10.0 Å². The number of amides is 1. The Balaban J connectivity index is 1.59. The van der Waals surface area contributed by atoms with Crippen LogP contribution in [0.15, 0.2) is 23.1 Å². The van der Waals surface area contributed by atoms with Crippen molar-refractivity contribution in [1.82, 2.24) is 9.29 Å². The fourth-order valence-corrected chi connectivity index (χ4v) is 6.71. The van der Waals surface area contributed by atoms with Gasteiger partial charge in [-0.2, -0.15) is 4.31 Å². The number of hydrogen-bond acceptors (Lipinski definition) is 6. The van der Waals surface area contributed by atoms with Gasteiger partial charge in [-0.1, -0.05) is 6.92 Å². The zero-order valence-electron chi connectivity index (χ0n) is 16.6. The molecular weight excluding hydrogens is 410 g/mol. The van der Waals surface area contributed by atoms with Gasteiger partial charge in [0.25, 0.3) is 5.91 Å². The number of aryl methyl sites for hydroxylation is 1. The van der Waals surface area contributed by atoms with E-state index in [1.165, 1.54) is 39.8 Å². The molecule has 1 unspecified atom stereocenters. The lowest BCUT2D eigenvalue weighted by atomic mass is 9.93. The van der Waals surface area contributed by atoms with Gasteiger partial charge in [-0.3, -0.25) is 10.1 Å². The molecule has 1 amide bonds. The highest BCUT2D eigenvalue weighted by molar-refractivity contribution is 7.89. The summed E-state index contributed by atoms with van der Waals surface area (Å²) in [4.78, 5) is 18.6. The third-order valence-electron chi connectivity index (χ3n) is 5.52. The highest BCUT2D eigenvalue weighted by Crippen LogP contribution is 2.33. The monoisotopic (exact) mass is 435 g/mol. The fraction of sp³-hybridized carbons (Fsp3) is 0.500. The zero-order chi connectivity index (χ0) is 20.6. The van der Waals surface area contributed by atoms with Crippen LogP contribution in [-0.2, 0) is 22.9 Å². The van der Waals surface area contributed by atoms with E-state index in [1.54, 1.807) is 6.07 Å². The van der Waals surface area contributed by atoms with E-state index in [1.807, 2.05) is 0 Å². The maximum atomic E-state index is 13.0. The summed E-state index contributed by atoms with van der Waals surface area (Å²) in [5.74, 6) is 0.503. The van der Waals surface area contributed by atoms with Crippen LogP contribution in [0.5, 0.6) is 5.75 Å². The molecule has 156 valence electrons. The van der Waals surface area contributed by atoms with Crippen molar-refractivity contribution >= 4 is 32.4 Å². The maximum absolute atomic E-state index is 13.0. The summed E-state index contributed by atoms with van der Waals surface area (Å²) >= 11 is 1.51. The lowest BCUT2D eigenvalue weighted by Crippen LogP contribution is -2.28. The molecule has 1 N–H and O–H groups in total. The predicted octanol–water partition coefficient (Wildman–Crippen LogP) is 3.31. The number of benzene rings is 1. The Bertz CT molecular complexity index is 1030. The molecule has 0 radical (unpaired) electrons. The number of nitrogens with one attached hydrogen (secondary N) is 1. The third kappa shape index (κ3) is 4.04. The number of fused-ring (bicyclic) bond motifs is 1. The van der Waals surface area contributed by atoms with Gasteiger partial charge in [0.05, 0.1) is 12.8 Å². The molecule has 1 atom stereocenters. The molecule has 9 heteroatoms. The van der Waals surface area contributed by atoms with Gasteiger partial charge in [0.15, 0.2) is 5.13 Å². The van der Waals surface area contributed by atoms with Crippen molar-refractivity contribution < 1.29 is 17.9 Å². The van der Waals surface area contributed by atoms with Crippen LogP contribution in [0.3, 0.4) is 0 Å². The lowest BCUT2D eigenvalue weighted by molar-refractivity contribution is 0.102. The van der Waals surface area contributed by atoms with Gasteiger partial charge in [-0.15, -0.1) is 11.3 Å². The molecule has 1 aromatic heterocycles. The minimum Gasteiger partial charge on any atom is -0.495 e. The van der Waals surface area contributed by atoms with Crippen molar-refractivity contribution in [1.29, 1.82) is 0 Å². The van der Waals surface area contributed by atoms with Crippen molar-refractivity contribution in [3.05, 3.63) is 34.3 Å². The SMILES string of the molecule is COc1ccc(C(=O)Nc2nc3c(s2)CC(C)CC3)cc1S(=O)(=O)N1CCCC1. The van der Waals surface area contributed by atoms with Gasteiger partial charge in [-0.25, -0.2) is 13.4 Å². The lowest BCUT2D eigenvalue weighted by Gasteiger charge is -2.18. The van der Waals surface area contributed by atoms with Gasteiger partial charge >= 0.3 is 0 Å². The van der Waals surface area contributed by atoms with Crippen molar-refractivity contribution in [3.63, 3.8) is 0 Å². The first kappa shape index (κ1) is 20.3. The van der Waals surface area contributed by atoms with E-state index in [0.29, 0.717) is 24.1 Å². The van der Waals surface area contributed by atoms with E-state index in [-0.39, 0.29) is 22.1 Å². The Morgan fingerprint density at radius 2 is 2.07 bits per heavy atom. The van der Waals surface area contributed by atoms with Crippen molar-refractivity contribution in [2.45, 2.75) is 43.9 Å². The van der Waals surface area contributed by atoms with Crippen LogP contribution in [-0.4, -0.2) is 43.8 Å². The first-order valence-corrected chi connectivity index (χ1v) is 12.1. The minimum absolute atomic E-state index is 0.0295. The number of rotatable bonds is 5. The molecular formula is C20H25N3O4S2. The Morgan fingerprint density at radius 3 is 2.79 bits per heavy atom. The molecule has 2 heterocycles. The molecule has 2 aromatic rings. The summed E-state index contributed by atoms with van der Waals surface area (Å²) in [7, 11) is -2.27. The summed E-state index contributed by atoms with van der Waals surface area (Å²) in [6.45, 7) is 3.20. The fourth-order valence-electron chi connectivity index (χ4n) is 3.85. The van der Waals surface area contributed by atoms with Crippen LogP contribution in [0.1, 0.15) is 47.1 Å². The third-order valence-corrected chi connectivity index (χ3v) is 8.47. The normalized spacial score (nSPS) is 19.7. The first-order valence-electron chi connectivity index (χ1n) is 9.86.